The van der Waals surface area contributed by atoms with E-state index in [1.165, 1.54) is 16.4 Å². The SMILES string of the molecule is Cc1ccc(S(=O)(=O)N(CC(=O)N2CCN(c3ccc(F)cc3)CC2)c2ccccc2)cc1. The highest BCUT2D eigenvalue weighted by Crippen LogP contribution is 2.24. The van der Waals surface area contributed by atoms with Crippen LogP contribution in [0.15, 0.2) is 83.8 Å². The number of sulfonamides is 1. The lowest BCUT2D eigenvalue weighted by Gasteiger charge is -2.37. The van der Waals surface area contributed by atoms with Crippen LogP contribution >= 0.6 is 0 Å². The fourth-order valence-electron chi connectivity index (χ4n) is 3.84. The van der Waals surface area contributed by atoms with E-state index >= 15 is 0 Å². The Labute approximate surface area is 193 Å². The monoisotopic (exact) mass is 467 g/mol. The lowest BCUT2D eigenvalue weighted by molar-refractivity contribution is -0.129. The van der Waals surface area contributed by atoms with Crippen molar-refractivity contribution in [1.29, 1.82) is 0 Å². The molecule has 0 radical (unpaired) electrons. The van der Waals surface area contributed by atoms with E-state index in [1.807, 2.05) is 6.92 Å². The van der Waals surface area contributed by atoms with Crippen LogP contribution in [0.4, 0.5) is 15.8 Å². The zero-order valence-electron chi connectivity index (χ0n) is 18.4. The molecule has 0 bridgehead atoms. The average molecular weight is 468 g/mol. The summed E-state index contributed by atoms with van der Waals surface area (Å²) in [6.07, 6.45) is 0. The second kappa shape index (κ2) is 9.62. The van der Waals surface area contributed by atoms with Gasteiger partial charge in [-0.1, -0.05) is 35.9 Å². The number of carbonyl (C=O) groups is 1. The fraction of sp³-hybridized carbons (Fsp3) is 0.240. The molecule has 0 saturated carbocycles. The molecule has 1 fully saturated rings. The minimum atomic E-state index is -3.92. The molecule has 172 valence electrons. The third kappa shape index (κ3) is 5.17. The van der Waals surface area contributed by atoms with Crippen molar-refractivity contribution in [3.63, 3.8) is 0 Å². The first-order valence-electron chi connectivity index (χ1n) is 10.8. The number of rotatable bonds is 6. The van der Waals surface area contributed by atoms with Crippen molar-refractivity contribution in [2.45, 2.75) is 11.8 Å². The number of para-hydroxylation sites is 1. The van der Waals surface area contributed by atoms with Crippen molar-refractivity contribution in [3.05, 3.63) is 90.2 Å². The maximum Gasteiger partial charge on any atom is 0.264 e. The smallest absolute Gasteiger partial charge is 0.264 e. The second-order valence-corrected chi connectivity index (χ2v) is 9.87. The fourth-order valence-corrected chi connectivity index (χ4v) is 5.25. The number of aryl methyl sites for hydroxylation is 1. The van der Waals surface area contributed by atoms with Crippen molar-refractivity contribution in [2.75, 3.05) is 41.9 Å². The number of carbonyl (C=O) groups excluding carboxylic acids is 1. The predicted molar refractivity (Wildman–Crippen MR) is 127 cm³/mol. The number of nitrogens with zero attached hydrogens (tertiary/aromatic N) is 3. The van der Waals surface area contributed by atoms with Gasteiger partial charge in [0.25, 0.3) is 10.0 Å². The lowest BCUT2D eigenvalue weighted by Crippen LogP contribution is -2.52. The van der Waals surface area contributed by atoms with E-state index < -0.39 is 10.0 Å². The van der Waals surface area contributed by atoms with Gasteiger partial charge in [-0.2, -0.15) is 0 Å². The highest BCUT2D eigenvalue weighted by molar-refractivity contribution is 7.92. The molecule has 1 heterocycles. The largest absolute Gasteiger partial charge is 0.368 e. The van der Waals surface area contributed by atoms with Crippen LogP contribution in [0.5, 0.6) is 0 Å². The normalized spacial score (nSPS) is 14.2. The first-order valence-corrected chi connectivity index (χ1v) is 12.2. The van der Waals surface area contributed by atoms with Crippen molar-refractivity contribution >= 4 is 27.3 Å². The zero-order chi connectivity index (χ0) is 23.4. The highest BCUT2D eigenvalue weighted by Gasteiger charge is 2.30. The predicted octanol–water partition coefficient (Wildman–Crippen LogP) is 3.68. The van der Waals surface area contributed by atoms with E-state index in [0.29, 0.717) is 31.9 Å². The Kier molecular flexibility index (Phi) is 6.65. The quantitative estimate of drug-likeness (QED) is 0.555. The Morgan fingerprint density at radius 3 is 2.09 bits per heavy atom. The van der Waals surface area contributed by atoms with Gasteiger partial charge in [0.2, 0.25) is 5.91 Å². The first-order chi connectivity index (χ1) is 15.8. The molecule has 33 heavy (non-hydrogen) atoms. The van der Waals surface area contributed by atoms with Crippen LogP contribution in [-0.2, 0) is 14.8 Å². The molecule has 8 heteroatoms. The van der Waals surface area contributed by atoms with Gasteiger partial charge in [-0.25, -0.2) is 12.8 Å². The van der Waals surface area contributed by atoms with Gasteiger partial charge in [-0.15, -0.1) is 0 Å². The Bertz CT molecular complexity index is 1190. The summed E-state index contributed by atoms with van der Waals surface area (Å²) in [6.45, 7) is 3.71. The standard InChI is InChI=1S/C25H26FN3O3S/c1-20-7-13-24(14-8-20)33(31,32)29(23-5-3-2-4-6-23)19-25(30)28-17-15-27(16-18-28)22-11-9-21(26)10-12-22/h2-14H,15-19H2,1H3. The molecule has 3 aromatic carbocycles. The summed E-state index contributed by atoms with van der Waals surface area (Å²) in [7, 11) is -3.92. The third-order valence-corrected chi connectivity index (χ3v) is 7.54. The highest BCUT2D eigenvalue weighted by atomic mass is 32.2. The Hall–Kier alpha value is -3.39. The van der Waals surface area contributed by atoms with Gasteiger partial charge in [0, 0.05) is 31.9 Å². The van der Waals surface area contributed by atoms with Crippen LogP contribution in [-0.4, -0.2) is 51.9 Å². The van der Waals surface area contributed by atoms with E-state index in [2.05, 4.69) is 4.90 Å². The van der Waals surface area contributed by atoms with E-state index in [0.717, 1.165) is 11.3 Å². The minimum Gasteiger partial charge on any atom is -0.368 e. The number of benzene rings is 3. The van der Waals surface area contributed by atoms with E-state index in [1.54, 1.807) is 71.6 Å². The van der Waals surface area contributed by atoms with Gasteiger partial charge in [0.15, 0.2) is 0 Å². The summed E-state index contributed by atoms with van der Waals surface area (Å²) in [5.41, 5.74) is 2.29. The molecule has 0 spiro atoms. The van der Waals surface area contributed by atoms with E-state index in [4.69, 9.17) is 0 Å². The van der Waals surface area contributed by atoms with Gasteiger partial charge in [0.05, 0.1) is 10.6 Å². The maximum atomic E-state index is 13.4. The van der Waals surface area contributed by atoms with Gasteiger partial charge >= 0.3 is 0 Å². The van der Waals surface area contributed by atoms with Gasteiger partial charge < -0.3 is 9.80 Å². The molecule has 0 atom stereocenters. The number of piperazine rings is 1. The van der Waals surface area contributed by atoms with E-state index in [9.17, 15) is 17.6 Å². The summed E-state index contributed by atoms with van der Waals surface area (Å²) >= 11 is 0. The molecular weight excluding hydrogens is 441 g/mol. The number of hydrogen-bond acceptors (Lipinski definition) is 4. The Balaban J connectivity index is 1.50. The molecule has 0 unspecified atom stereocenters. The van der Waals surface area contributed by atoms with Crippen LogP contribution in [0, 0.1) is 12.7 Å². The minimum absolute atomic E-state index is 0.144. The second-order valence-electron chi connectivity index (χ2n) is 8.00. The Morgan fingerprint density at radius 1 is 0.879 bits per heavy atom. The van der Waals surface area contributed by atoms with Gasteiger partial charge in [0.1, 0.15) is 12.4 Å². The summed E-state index contributed by atoms with van der Waals surface area (Å²) in [5.74, 6) is -0.545. The molecule has 1 aliphatic heterocycles. The molecule has 6 nitrogen and oxygen atoms in total. The van der Waals surface area contributed by atoms with Crippen LogP contribution < -0.4 is 9.21 Å². The van der Waals surface area contributed by atoms with Gasteiger partial charge in [-0.05, 0) is 55.5 Å². The number of hydrogen-bond donors (Lipinski definition) is 0. The molecular formula is C25H26FN3O3S. The summed E-state index contributed by atoms with van der Waals surface area (Å²) in [4.78, 5) is 17.1. The molecule has 3 aromatic rings. The number of amides is 1. The molecule has 1 aliphatic rings. The molecule has 4 rings (SSSR count). The van der Waals surface area contributed by atoms with Crippen LogP contribution in [0.2, 0.25) is 0 Å². The summed E-state index contributed by atoms with van der Waals surface area (Å²) in [5, 5.41) is 0. The number of anilines is 2. The molecule has 1 saturated heterocycles. The van der Waals surface area contributed by atoms with Crippen molar-refractivity contribution in [1.82, 2.24) is 4.90 Å². The lowest BCUT2D eigenvalue weighted by atomic mass is 10.2. The van der Waals surface area contributed by atoms with Crippen molar-refractivity contribution in [2.24, 2.45) is 0 Å². The van der Waals surface area contributed by atoms with Gasteiger partial charge in [-0.3, -0.25) is 9.10 Å². The third-order valence-electron chi connectivity index (χ3n) is 5.76. The van der Waals surface area contributed by atoms with Crippen LogP contribution in [0.25, 0.3) is 0 Å². The molecule has 1 amide bonds. The summed E-state index contributed by atoms with van der Waals surface area (Å²) < 4.78 is 41.3. The van der Waals surface area contributed by atoms with Crippen molar-refractivity contribution < 1.29 is 17.6 Å². The molecule has 0 aliphatic carbocycles. The topological polar surface area (TPSA) is 60.9 Å². The Morgan fingerprint density at radius 2 is 1.48 bits per heavy atom. The maximum absolute atomic E-state index is 13.4. The molecule has 0 aromatic heterocycles. The van der Waals surface area contributed by atoms with Crippen molar-refractivity contribution in [3.8, 4) is 0 Å². The number of halogens is 1. The van der Waals surface area contributed by atoms with E-state index in [-0.39, 0.29) is 23.2 Å². The van der Waals surface area contributed by atoms with Crippen LogP contribution in [0.1, 0.15) is 5.56 Å². The first kappa shape index (κ1) is 22.8. The zero-order valence-corrected chi connectivity index (χ0v) is 19.2. The van der Waals surface area contributed by atoms with Crippen LogP contribution in [0.3, 0.4) is 0 Å². The summed E-state index contributed by atoms with van der Waals surface area (Å²) in [6, 6.07) is 21.6. The molecule has 0 N–H and O–H groups in total. The average Bonchev–Trinajstić information content (AvgIpc) is 2.84.